The number of hydrogen-bond donors (Lipinski definition) is 0. The molecule has 0 aliphatic rings. The predicted molar refractivity (Wildman–Crippen MR) is 370 cm³/mol. The van der Waals surface area contributed by atoms with Crippen molar-refractivity contribution in [1.29, 1.82) is 0 Å². The van der Waals surface area contributed by atoms with Gasteiger partial charge in [0.1, 0.15) is 17.2 Å². The molecule has 0 bridgehead atoms. The molecule has 6 heteroatoms. The van der Waals surface area contributed by atoms with Crippen LogP contribution in [-0.2, 0) is 19.3 Å². The minimum absolute atomic E-state index is 0.798. The topological polar surface area (TPSA) is 66.4 Å². The van der Waals surface area contributed by atoms with Crippen LogP contribution in [-0.4, -0.2) is 34.8 Å². The standard InChI is InChI=1S/C28H35NO.C27H33NO.C26H31NO/c1-3-5-7-8-9-21-30-27-18-16-25(17-19-27)24-12-14-26(15-13-24)28-20-11-23(22-29-28)10-6-4-2;1-3-5-7-8-20-29-26-17-15-24(16-18-26)23-11-13-25(14-12-23)27-19-10-22(21-28-27)9-6-4-2;1-3-5-7-19-28-25-16-14-23(15-17-25)22-10-12-24(13-11-22)26-18-9-21(20-27-26)8-6-4-2/h11-20,22H,3-10,21H2,1-2H3;10-19,21H,3-9,20H2,1-2H3;9-18,20H,3-8,19H2,1-2H3. The number of pyridine rings is 3. The zero-order chi connectivity index (χ0) is 60.9. The van der Waals surface area contributed by atoms with Crippen LogP contribution in [0.2, 0.25) is 0 Å². The summed E-state index contributed by atoms with van der Waals surface area (Å²) in [5, 5.41) is 0. The average molecular weight is 1160 g/mol. The van der Waals surface area contributed by atoms with Crippen molar-refractivity contribution in [3.63, 3.8) is 0 Å². The first-order valence-electron chi connectivity index (χ1n) is 33.3. The molecule has 3 heterocycles. The van der Waals surface area contributed by atoms with Gasteiger partial charge >= 0.3 is 0 Å². The number of aryl methyl sites for hydroxylation is 3. The maximum atomic E-state index is 5.88. The number of unbranched alkanes of at least 4 members (excludes halogenated alkanes) is 12. The van der Waals surface area contributed by atoms with Gasteiger partial charge in [-0.1, -0.05) is 246 Å². The lowest BCUT2D eigenvalue weighted by atomic mass is 10.0. The third-order valence-corrected chi connectivity index (χ3v) is 15.8. The van der Waals surface area contributed by atoms with Gasteiger partial charge in [-0.3, -0.25) is 15.0 Å². The lowest BCUT2D eigenvalue weighted by Gasteiger charge is -2.08. The van der Waals surface area contributed by atoms with Crippen molar-refractivity contribution in [2.24, 2.45) is 0 Å². The van der Waals surface area contributed by atoms with Crippen LogP contribution in [0.3, 0.4) is 0 Å². The van der Waals surface area contributed by atoms with Crippen molar-refractivity contribution in [3.8, 4) is 84.4 Å². The Morgan fingerprint density at radius 1 is 0.218 bits per heavy atom. The van der Waals surface area contributed by atoms with E-state index in [1.54, 1.807) is 0 Å². The molecule has 6 aromatic carbocycles. The summed E-state index contributed by atoms with van der Waals surface area (Å²) in [5.41, 5.74) is 17.8. The molecule has 9 rings (SSSR count). The van der Waals surface area contributed by atoms with Crippen molar-refractivity contribution < 1.29 is 14.2 Å². The number of benzene rings is 6. The highest BCUT2D eigenvalue weighted by Gasteiger charge is 2.08. The van der Waals surface area contributed by atoms with E-state index < -0.39 is 0 Å². The van der Waals surface area contributed by atoms with Crippen LogP contribution in [0, 0.1) is 0 Å². The zero-order valence-electron chi connectivity index (χ0n) is 53.6. The Morgan fingerprint density at radius 3 is 0.690 bits per heavy atom. The third-order valence-electron chi connectivity index (χ3n) is 15.8. The number of ether oxygens (including phenoxy) is 3. The highest BCUT2D eigenvalue weighted by atomic mass is 16.5. The monoisotopic (exact) mass is 1160 g/mol. The molecule has 6 nitrogen and oxygen atoms in total. The normalized spacial score (nSPS) is 10.8. The van der Waals surface area contributed by atoms with E-state index in [2.05, 4.69) is 238 Å². The second-order valence-corrected chi connectivity index (χ2v) is 23.0. The van der Waals surface area contributed by atoms with Crippen molar-refractivity contribution in [2.45, 2.75) is 176 Å². The Kier molecular flexibility index (Phi) is 29.9. The highest BCUT2D eigenvalue weighted by Crippen LogP contribution is 2.30. The van der Waals surface area contributed by atoms with E-state index in [1.165, 1.54) is 146 Å². The van der Waals surface area contributed by atoms with Crippen molar-refractivity contribution in [3.05, 3.63) is 217 Å². The number of nitrogens with zero attached hydrogens (tertiary/aromatic N) is 3. The number of hydrogen-bond acceptors (Lipinski definition) is 6. The molecule has 456 valence electrons. The summed E-state index contributed by atoms with van der Waals surface area (Å²) < 4.78 is 17.5. The fourth-order valence-corrected chi connectivity index (χ4v) is 10.3. The average Bonchev–Trinajstić information content (AvgIpc) is 3.74. The van der Waals surface area contributed by atoms with Gasteiger partial charge in [0, 0.05) is 35.3 Å². The van der Waals surface area contributed by atoms with Gasteiger partial charge < -0.3 is 14.2 Å². The molecule has 0 fully saturated rings. The van der Waals surface area contributed by atoms with E-state index in [1.807, 2.05) is 18.6 Å². The maximum absolute atomic E-state index is 5.88. The zero-order valence-corrected chi connectivity index (χ0v) is 53.6. The molecule has 0 atom stereocenters. The maximum Gasteiger partial charge on any atom is 0.119 e. The second kappa shape index (κ2) is 39.1. The first kappa shape index (κ1) is 66.7. The van der Waals surface area contributed by atoms with Crippen LogP contribution in [0.1, 0.15) is 174 Å². The molecule has 0 saturated heterocycles. The summed E-state index contributed by atoms with van der Waals surface area (Å²) in [7, 11) is 0. The molecule has 0 spiro atoms. The predicted octanol–water partition coefficient (Wildman–Crippen LogP) is 23.2. The van der Waals surface area contributed by atoms with Gasteiger partial charge in [0.15, 0.2) is 0 Å². The molecular formula is C81H99N3O3. The van der Waals surface area contributed by atoms with Crippen LogP contribution in [0.15, 0.2) is 201 Å². The lowest BCUT2D eigenvalue weighted by Crippen LogP contribution is -1.97. The van der Waals surface area contributed by atoms with Crippen molar-refractivity contribution in [1.82, 2.24) is 15.0 Å². The number of aromatic nitrogens is 3. The molecule has 3 aromatic heterocycles. The quantitative estimate of drug-likeness (QED) is 0.0382. The largest absolute Gasteiger partial charge is 0.494 e. The van der Waals surface area contributed by atoms with Crippen molar-refractivity contribution >= 4 is 0 Å². The molecule has 87 heavy (non-hydrogen) atoms. The summed E-state index contributed by atoms with van der Waals surface area (Å²) in [6.45, 7) is 15.8. The van der Waals surface area contributed by atoms with E-state index >= 15 is 0 Å². The fourth-order valence-electron chi connectivity index (χ4n) is 10.3. The Hall–Kier alpha value is -7.83. The highest BCUT2D eigenvalue weighted by molar-refractivity contribution is 5.72. The molecular weight excluding hydrogens is 1060 g/mol. The molecule has 0 aliphatic carbocycles. The summed E-state index contributed by atoms with van der Waals surface area (Å²) in [4.78, 5) is 13.9. The molecule has 0 saturated carbocycles. The van der Waals surface area contributed by atoms with Crippen LogP contribution < -0.4 is 14.2 Å². The van der Waals surface area contributed by atoms with Gasteiger partial charge in [-0.2, -0.15) is 0 Å². The summed E-state index contributed by atoms with van der Waals surface area (Å²) in [5.74, 6) is 2.86. The Balaban J connectivity index is 0.000000187. The molecule has 0 amide bonds. The van der Waals surface area contributed by atoms with E-state index in [0.29, 0.717) is 0 Å². The van der Waals surface area contributed by atoms with Crippen molar-refractivity contribution in [2.75, 3.05) is 19.8 Å². The van der Waals surface area contributed by atoms with Crippen LogP contribution in [0.25, 0.3) is 67.2 Å². The van der Waals surface area contributed by atoms with E-state index in [4.69, 9.17) is 14.2 Å². The van der Waals surface area contributed by atoms with Gasteiger partial charge in [-0.25, -0.2) is 0 Å². The summed E-state index contributed by atoms with van der Waals surface area (Å²) in [6, 6.07) is 64.2. The van der Waals surface area contributed by atoms with Gasteiger partial charge in [0.2, 0.25) is 0 Å². The van der Waals surface area contributed by atoms with Crippen LogP contribution >= 0.6 is 0 Å². The Morgan fingerprint density at radius 2 is 0.437 bits per heavy atom. The minimum atomic E-state index is 0.798. The molecule has 0 N–H and O–H groups in total. The van der Waals surface area contributed by atoms with Gasteiger partial charge in [-0.05, 0) is 162 Å². The molecule has 9 aromatic rings. The Bertz CT molecular complexity index is 3210. The van der Waals surface area contributed by atoms with Gasteiger partial charge in [0.05, 0.1) is 36.9 Å². The van der Waals surface area contributed by atoms with Crippen LogP contribution in [0.4, 0.5) is 0 Å². The smallest absolute Gasteiger partial charge is 0.119 e. The van der Waals surface area contributed by atoms with E-state index in [9.17, 15) is 0 Å². The van der Waals surface area contributed by atoms with Crippen LogP contribution in [0.5, 0.6) is 17.2 Å². The number of rotatable bonds is 33. The first-order chi connectivity index (χ1) is 42.9. The fraction of sp³-hybridized carbons (Fsp3) is 0.370. The van der Waals surface area contributed by atoms with Gasteiger partial charge in [-0.15, -0.1) is 0 Å². The first-order valence-corrected chi connectivity index (χ1v) is 33.3. The van der Waals surface area contributed by atoms with E-state index in [0.717, 1.165) is 109 Å². The van der Waals surface area contributed by atoms with Gasteiger partial charge in [0.25, 0.3) is 0 Å². The molecule has 0 aliphatic heterocycles. The summed E-state index contributed by atoms with van der Waals surface area (Å²) in [6.07, 6.45) is 31.5. The van der Waals surface area contributed by atoms with E-state index in [-0.39, 0.29) is 0 Å². The third kappa shape index (κ3) is 23.4. The minimum Gasteiger partial charge on any atom is -0.494 e. The molecule has 0 unspecified atom stereocenters. The Labute approximate surface area is 524 Å². The summed E-state index contributed by atoms with van der Waals surface area (Å²) >= 11 is 0. The lowest BCUT2D eigenvalue weighted by molar-refractivity contribution is 0.304. The molecule has 0 radical (unpaired) electrons. The SMILES string of the molecule is CCCCCCCOc1ccc(-c2ccc(-c3ccc(CCCC)cn3)cc2)cc1.CCCCCCOc1ccc(-c2ccc(-c3ccc(CCCC)cn3)cc2)cc1.CCCCCOc1ccc(-c2ccc(-c3ccc(CCCC)cn3)cc2)cc1. The second-order valence-electron chi connectivity index (χ2n) is 23.0.